The lowest BCUT2D eigenvalue weighted by atomic mass is 10.1. The van der Waals surface area contributed by atoms with Gasteiger partial charge in [0.15, 0.2) is 0 Å². The Bertz CT molecular complexity index is 230. The van der Waals surface area contributed by atoms with Gasteiger partial charge in [-0.3, -0.25) is 0 Å². The summed E-state index contributed by atoms with van der Waals surface area (Å²) in [5.41, 5.74) is 0. The fraction of sp³-hybridized carbons (Fsp3) is 0.500. The van der Waals surface area contributed by atoms with Crippen LogP contribution in [0.25, 0.3) is 0 Å². The van der Waals surface area contributed by atoms with Crippen molar-refractivity contribution in [1.82, 2.24) is 0 Å². The Morgan fingerprint density at radius 3 is 2.60 bits per heavy atom. The van der Waals surface area contributed by atoms with Crippen LogP contribution in [-0.4, -0.2) is 6.61 Å². The molecule has 83 valence electrons. The van der Waals surface area contributed by atoms with Crippen molar-refractivity contribution in [3.05, 3.63) is 36.8 Å². The molecule has 0 fully saturated rings. The van der Waals surface area contributed by atoms with Crippen LogP contribution in [0.2, 0.25) is 0 Å². The standard InChI is InChI=1S/C14H21O/c1-2-3-4-5-6-10-13-15-14-11-8-7-9-12-14/h7-12H,2-6,13H2,1H3. The largest absolute Gasteiger partial charge is 0.493 e. The highest BCUT2D eigenvalue weighted by atomic mass is 16.5. The molecule has 1 nitrogen and oxygen atoms in total. The molecule has 0 bridgehead atoms. The second kappa shape index (κ2) is 8.34. The Morgan fingerprint density at radius 1 is 1.07 bits per heavy atom. The molecule has 0 N–H and O–H groups in total. The van der Waals surface area contributed by atoms with Crippen molar-refractivity contribution in [3.8, 4) is 5.75 Å². The lowest BCUT2D eigenvalue weighted by Gasteiger charge is -2.04. The van der Waals surface area contributed by atoms with Crippen molar-refractivity contribution in [2.45, 2.75) is 39.0 Å². The molecule has 0 spiro atoms. The van der Waals surface area contributed by atoms with E-state index in [1.165, 1.54) is 32.1 Å². The van der Waals surface area contributed by atoms with Crippen LogP contribution in [0.3, 0.4) is 0 Å². The van der Waals surface area contributed by atoms with Crippen molar-refractivity contribution in [3.63, 3.8) is 0 Å². The topological polar surface area (TPSA) is 9.23 Å². The van der Waals surface area contributed by atoms with Gasteiger partial charge in [-0.25, -0.2) is 0 Å². The van der Waals surface area contributed by atoms with Gasteiger partial charge in [-0.1, -0.05) is 50.8 Å². The van der Waals surface area contributed by atoms with Gasteiger partial charge in [0.25, 0.3) is 0 Å². The minimum atomic E-state index is 0.732. The molecule has 1 radical (unpaired) electrons. The van der Waals surface area contributed by atoms with E-state index in [1.807, 2.05) is 30.3 Å². The molecule has 1 heteroatoms. The second-order valence-electron chi connectivity index (χ2n) is 3.76. The summed E-state index contributed by atoms with van der Waals surface area (Å²) in [6.07, 6.45) is 8.70. The maximum Gasteiger partial charge on any atom is 0.119 e. The lowest BCUT2D eigenvalue weighted by molar-refractivity contribution is 0.343. The van der Waals surface area contributed by atoms with Crippen LogP contribution in [0.4, 0.5) is 0 Å². The number of rotatable bonds is 8. The van der Waals surface area contributed by atoms with Crippen molar-refractivity contribution >= 4 is 0 Å². The molecule has 0 aliphatic carbocycles. The molecule has 15 heavy (non-hydrogen) atoms. The fourth-order valence-corrected chi connectivity index (χ4v) is 1.47. The van der Waals surface area contributed by atoms with E-state index in [9.17, 15) is 0 Å². The molecular formula is C14H21O. The first-order valence-corrected chi connectivity index (χ1v) is 5.93. The Labute approximate surface area is 93.5 Å². The van der Waals surface area contributed by atoms with E-state index in [1.54, 1.807) is 0 Å². The first-order chi connectivity index (χ1) is 7.43. The molecule has 0 heterocycles. The summed E-state index contributed by atoms with van der Waals surface area (Å²) >= 11 is 0. The molecule has 0 unspecified atom stereocenters. The van der Waals surface area contributed by atoms with Crippen molar-refractivity contribution in [2.24, 2.45) is 0 Å². The van der Waals surface area contributed by atoms with Crippen LogP contribution >= 0.6 is 0 Å². The Kier molecular flexibility index (Phi) is 6.72. The van der Waals surface area contributed by atoms with Crippen LogP contribution < -0.4 is 4.74 Å². The molecule has 0 aliphatic heterocycles. The van der Waals surface area contributed by atoms with Gasteiger partial charge in [-0.15, -0.1) is 0 Å². The number of unbranched alkanes of at least 4 members (excludes halogenated alkanes) is 5. The molecule has 0 amide bonds. The van der Waals surface area contributed by atoms with Gasteiger partial charge in [-0.2, -0.15) is 0 Å². The molecule has 0 saturated heterocycles. The average molecular weight is 205 g/mol. The van der Waals surface area contributed by atoms with Gasteiger partial charge < -0.3 is 4.74 Å². The molecule has 1 rings (SSSR count). The Morgan fingerprint density at radius 2 is 1.87 bits per heavy atom. The summed E-state index contributed by atoms with van der Waals surface area (Å²) in [7, 11) is 0. The maximum atomic E-state index is 5.56. The fourth-order valence-electron chi connectivity index (χ4n) is 1.47. The first kappa shape index (κ1) is 12.1. The normalized spacial score (nSPS) is 10.2. The summed E-state index contributed by atoms with van der Waals surface area (Å²) in [6.45, 7) is 2.97. The van der Waals surface area contributed by atoms with E-state index in [2.05, 4.69) is 13.3 Å². The van der Waals surface area contributed by atoms with Crippen LogP contribution in [0.15, 0.2) is 30.3 Å². The molecule has 0 aromatic heterocycles. The van der Waals surface area contributed by atoms with E-state index in [-0.39, 0.29) is 0 Å². The highest BCUT2D eigenvalue weighted by Crippen LogP contribution is 2.09. The number of hydrogen-bond donors (Lipinski definition) is 0. The number of ether oxygens (including phenoxy) is 1. The first-order valence-electron chi connectivity index (χ1n) is 5.93. The van der Waals surface area contributed by atoms with E-state index in [0.29, 0.717) is 0 Å². The van der Waals surface area contributed by atoms with E-state index in [4.69, 9.17) is 4.74 Å². The number of hydrogen-bond acceptors (Lipinski definition) is 1. The van der Waals surface area contributed by atoms with Crippen molar-refractivity contribution in [2.75, 3.05) is 6.61 Å². The minimum Gasteiger partial charge on any atom is -0.493 e. The van der Waals surface area contributed by atoms with E-state index in [0.717, 1.165) is 12.4 Å². The molecule has 0 atom stereocenters. The molecular weight excluding hydrogens is 184 g/mol. The molecule has 1 aromatic rings. The van der Waals surface area contributed by atoms with E-state index >= 15 is 0 Å². The third-order valence-electron chi connectivity index (χ3n) is 2.37. The zero-order valence-corrected chi connectivity index (χ0v) is 9.61. The monoisotopic (exact) mass is 205 g/mol. The SMILES string of the molecule is CCCCCC[CH]COc1ccccc1. The zero-order chi connectivity index (χ0) is 10.8. The molecule has 0 saturated carbocycles. The summed E-state index contributed by atoms with van der Waals surface area (Å²) < 4.78 is 5.56. The third-order valence-corrected chi connectivity index (χ3v) is 2.37. The highest BCUT2D eigenvalue weighted by molar-refractivity contribution is 5.20. The van der Waals surface area contributed by atoms with Gasteiger partial charge in [-0.05, 0) is 25.0 Å². The molecule has 0 aliphatic rings. The summed E-state index contributed by atoms with van der Waals surface area (Å²) in [4.78, 5) is 0. The van der Waals surface area contributed by atoms with Crippen molar-refractivity contribution < 1.29 is 4.74 Å². The highest BCUT2D eigenvalue weighted by Gasteiger charge is 1.92. The summed E-state index contributed by atoms with van der Waals surface area (Å²) in [5.74, 6) is 0.960. The Hall–Kier alpha value is -0.980. The zero-order valence-electron chi connectivity index (χ0n) is 9.61. The summed E-state index contributed by atoms with van der Waals surface area (Å²) in [6, 6.07) is 9.98. The minimum absolute atomic E-state index is 0.732. The van der Waals surface area contributed by atoms with Gasteiger partial charge >= 0.3 is 0 Å². The quantitative estimate of drug-likeness (QED) is 0.577. The predicted molar refractivity (Wildman–Crippen MR) is 65.0 cm³/mol. The third kappa shape index (κ3) is 6.16. The maximum absolute atomic E-state index is 5.56. The van der Waals surface area contributed by atoms with Gasteiger partial charge in [0.1, 0.15) is 5.75 Å². The lowest BCUT2D eigenvalue weighted by Crippen LogP contribution is -1.97. The smallest absolute Gasteiger partial charge is 0.119 e. The van der Waals surface area contributed by atoms with Crippen LogP contribution in [0.1, 0.15) is 39.0 Å². The van der Waals surface area contributed by atoms with Gasteiger partial charge in [0, 0.05) is 0 Å². The van der Waals surface area contributed by atoms with Crippen LogP contribution in [0, 0.1) is 6.42 Å². The number of benzene rings is 1. The van der Waals surface area contributed by atoms with Gasteiger partial charge in [0.05, 0.1) is 6.61 Å². The van der Waals surface area contributed by atoms with E-state index < -0.39 is 0 Å². The summed E-state index contributed by atoms with van der Waals surface area (Å²) in [5, 5.41) is 0. The van der Waals surface area contributed by atoms with Crippen LogP contribution in [0.5, 0.6) is 5.75 Å². The second-order valence-corrected chi connectivity index (χ2v) is 3.76. The van der Waals surface area contributed by atoms with Crippen molar-refractivity contribution in [1.29, 1.82) is 0 Å². The average Bonchev–Trinajstić information content (AvgIpc) is 2.29. The predicted octanol–water partition coefficient (Wildman–Crippen LogP) is 4.24. The number of para-hydroxylation sites is 1. The van der Waals surface area contributed by atoms with Gasteiger partial charge in [0.2, 0.25) is 0 Å². The molecule has 1 aromatic carbocycles. The Balaban J connectivity index is 1.93. The van der Waals surface area contributed by atoms with Crippen LogP contribution in [-0.2, 0) is 0 Å².